The lowest BCUT2D eigenvalue weighted by Crippen LogP contribution is -2.10. The quantitative estimate of drug-likeness (QED) is 0.176. The molecule has 58 heavy (non-hydrogen) atoms. The average Bonchev–Trinajstić information content (AvgIpc) is 3.63. The second kappa shape index (κ2) is 13.1. The van der Waals surface area contributed by atoms with Gasteiger partial charge in [-0.2, -0.15) is 5.26 Å². The van der Waals surface area contributed by atoms with E-state index < -0.39 is 11.6 Å². The van der Waals surface area contributed by atoms with Gasteiger partial charge in [-0.25, -0.2) is 8.78 Å². The van der Waals surface area contributed by atoms with Gasteiger partial charge in [-0.3, -0.25) is 0 Å². The van der Waals surface area contributed by atoms with Crippen molar-refractivity contribution >= 4 is 43.6 Å². The molecule has 8 rings (SSSR count). The van der Waals surface area contributed by atoms with Gasteiger partial charge in [0.15, 0.2) is 0 Å². The zero-order valence-electron chi connectivity index (χ0n) is 35.9. The van der Waals surface area contributed by atoms with E-state index in [0.29, 0.717) is 28.1 Å². The molecule has 0 N–H and O–H groups in total. The minimum absolute atomic E-state index is 0.0986. The van der Waals surface area contributed by atoms with E-state index in [2.05, 4.69) is 171 Å². The predicted octanol–water partition coefficient (Wildman–Crippen LogP) is 14.9. The summed E-state index contributed by atoms with van der Waals surface area (Å²) in [6.45, 7) is 26.6. The molecule has 0 saturated carbocycles. The Kier molecular flexibility index (Phi) is 8.87. The van der Waals surface area contributed by atoms with Crippen molar-refractivity contribution < 1.29 is 8.78 Å². The van der Waals surface area contributed by atoms with Crippen molar-refractivity contribution in [3.05, 3.63) is 143 Å². The van der Waals surface area contributed by atoms with E-state index in [4.69, 9.17) is 0 Å². The number of hydrogen-bond donors (Lipinski definition) is 0. The summed E-state index contributed by atoms with van der Waals surface area (Å²) < 4.78 is 35.5. The molecule has 2 heterocycles. The largest absolute Gasteiger partial charge is 0.308 e. The first-order valence-electron chi connectivity index (χ1n) is 20.3. The van der Waals surface area contributed by atoms with Gasteiger partial charge in [0.05, 0.1) is 45.1 Å². The number of nitrogens with zero attached hydrogens (tertiary/aromatic N) is 3. The average molecular weight is 770 g/mol. The molecule has 0 amide bonds. The van der Waals surface area contributed by atoms with E-state index >= 15 is 8.78 Å². The van der Waals surface area contributed by atoms with Gasteiger partial charge in [-0.05, 0) is 122 Å². The maximum Gasteiger partial charge on any atom is 0.126 e. The number of rotatable bonds is 3. The summed E-state index contributed by atoms with van der Waals surface area (Å²) >= 11 is 0. The highest BCUT2D eigenvalue weighted by Gasteiger charge is 2.27. The van der Waals surface area contributed by atoms with E-state index in [1.807, 2.05) is 12.1 Å². The molecule has 0 radical (unpaired) electrons. The van der Waals surface area contributed by atoms with Crippen LogP contribution in [0, 0.1) is 23.0 Å². The summed E-state index contributed by atoms with van der Waals surface area (Å²) in [5, 5.41) is 15.1. The fourth-order valence-corrected chi connectivity index (χ4v) is 8.45. The third kappa shape index (κ3) is 6.57. The van der Waals surface area contributed by atoms with Crippen LogP contribution in [-0.4, -0.2) is 9.13 Å². The summed E-state index contributed by atoms with van der Waals surface area (Å²) in [4.78, 5) is 0. The second-order valence-electron chi connectivity index (χ2n) is 20.3. The third-order valence-corrected chi connectivity index (χ3v) is 11.9. The fraction of sp³-hybridized carbons (Fsp3) is 0.302. The third-order valence-electron chi connectivity index (χ3n) is 11.9. The summed E-state index contributed by atoms with van der Waals surface area (Å²) in [7, 11) is 0. The zero-order chi connectivity index (χ0) is 41.9. The fourth-order valence-electron chi connectivity index (χ4n) is 8.45. The van der Waals surface area contributed by atoms with Gasteiger partial charge in [0.2, 0.25) is 0 Å². The van der Waals surface area contributed by atoms with Crippen molar-refractivity contribution in [2.75, 3.05) is 0 Å². The van der Waals surface area contributed by atoms with Crippen LogP contribution in [0.2, 0.25) is 0 Å². The molecule has 0 aliphatic carbocycles. The first-order chi connectivity index (χ1) is 27.0. The van der Waals surface area contributed by atoms with Gasteiger partial charge in [-0.15, -0.1) is 0 Å². The van der Waals surface area contributed by atoms with Crippen LogP contribution >= 0.6 is 0 Å². The van der Waals surface area contributed by atoms with Crippen LogP contribution in [-0.2, 0) is 21.7 Å². The molecule has 5 heteroatoms. The number of fused-ring (bicyclic) bond motifs is 6. The summed E-state index contributed by atoms with van der Waals surface area (Å²) in [5.41, 5.74) is 11.0. The van der Waals surface area contributed by atoms with E-state index in [1.54, 1.807) is 0 Å². The van der Waals surface area contributed by atoms with Crippen molar-refractivity contribution in [2.24, 2.45) is 0 Å². The Morgan fingerprint density at radius 1 is 0.414 bits per heavy atom. The summed E-state index contributed by atoms with van der Waals surface area (Å²) in [5.74, 6) is -1.34. The maximum atomic E-state index is 15.5. The molecule has 8 aromatic rings. The van der Waals surface area contributed by atoms with Gasteiger partial charge in [-0.1, -0.05) is 107 Å². The van der Waals surface area contributed by atoms with Gasteiger partial charge in [0.25, 0.3) is 0 Å². The predicted molar refractivity (Wildman–Crippen MR) is 240 cm³/mol. The van der Waals surface area contributed by atoms with Crippen molar-refractivity contribution in [1.82, 2.24) is 9.13 Å². The van der Waals surface area contributed by atoms with Crippen LogP contribution in [0.4, 0.5) is 8.78 Å². The Labute approximate surface area is 341 Å². The molecule has 0 spiro atoms. The Morgan fingerprint density at radius 3 is 0.966 bits per heavy atom. The maximum absolute atomic E-state index is 15.5. The molecule has 294 valence electrons. The van der Waals surface area contributed by atoms with Crippen LogP contribution in [0.3, 0.4) is 0 Å². The van der Waals surface area contributed by atoms with Gasteiger partial charge in [0.1, 0.15) is 11.6 Å². The molecule has 0 unspecified atom stereocenters. The molecular weight excluding hydrogens is 717 g/mol. The number of nitriles is 1. The smallest absolute Gasteiger partial charge is 0.126 e. The van der Waals surface area contributed by atoms with E-state index in [-0.39, 0.29) is 21.7 Å². The van der Waals surface area contributed by atoms with Gasteiger partial charge in [0, 0.05) is 33.2 Å². The lowest BCUT2D eigenvalue weighted by Gasteiger charge is -2.22. The molecule has 0 bridgehead atoms. The topological polar surface area (TPSA) is 33.6 Å². The molecule has 0 aliphatic rings. The molecule has 2 aromatic heterocycles. The lowest BCUT2D eigenvalue weighted by molar-refractivity contribution is 0.584. The number of aromatic nitrogens is 2. The first kappa shape index (κ1) is 39.1. The van der Waals surface area contributed by atoms with Crippen LogP contribution in [0.25, 0.3) is 66.1 Å². The minimum atomic E-state index is -0.671. The SMILES string of the molecule is CC(C)(C)c1ccc2c(c1)c1cc(C(C)(C)C)ccc1n2-c1cc(C#N)cc(-n2c3ccc(C(C)(C)C)cc3c3cc(C(C)(C)C)ccc32)c1-c1cc(F)cc(F)c1. The molecule has 0 atom stereocenters. The standard InChI is InChI=1S/C53H53F2N3/c1-50(2,3)33-13-17-43-39(25-33)40-26-34(51(4,5)6)14-18-44(40)57(43)47-21-31(30-56)22-48(49(47)32-23-37(54)29-38(55)24-32)58-45-19-15-35(52(7,8)9)27-41(45)42-28-36(53(10,11)12)16-20-46(42)58/h13-29H,1-12H3. The van der Waals surface area contributed by atoms with Crippen molar-refractivity contribution in [3.8, 4) is 28.6 Å². The van der Waals surface area contributed by atoms with E-state index in [1.165, 1.54) is 34.4 Å². The number of hydrogen-bond acceptors (Lipinski definition) is 1. The van der Waals surface area contributed by atoms with Crippen LogP contribution < -0.4 is 0 Å². The Bertz CT molecular complexity index is 2680. The Balaban J connectivity index is 1.59. The molecule has 3 nitrogen and oxygen atoms in total. The number of halogens is 2. The van der Waals surface area contributed by atoms with Crippen molar-refractivity contribution in [2.45, 2.75) is 105 Å². The summed E-state index contributed by atoms with van der Waals surface area (Å²) in [6, 6.07) is 36.4. The van der Waals surface area contributed by atoms with E-state index in [0.717, 1.165) is 49.7 Å². The van der Waals surface area contributed by atoms with E-state index in [9.17, 15) is 5.26 Å². The highest BCUT2D eigenvalue weighted by atomic mass is 19.1. The van der Waals surface area contributed by atoms with Crippen molar-refractivity contribution in [3.63, 3.8) is 0 Å². The van der Waals surface area contributed by atoms with Crippen LogP contribution in [0.15, 0.2) is 103 Å². The highest BCUT2D eigenvalue weighted by Crippen LogP contribution is 2.45. The monoisotopic (exact) mass is 769 g/mol. The molecule has 6 aromatic carbocycles. The molecule has 0 fully saturated rings. The zero-order valence-corrected chi connectivity index (χ0v) is 35.9. The Morgan fingerprint density at radius 2 is 0.707 bits per heavy atom. The first-order valence-corrected chi connectivity index (χ1v) is 20.3. The van der Waals surface area contributed by atoms with Gasteiger partial charge < -0.3 is 9.13 Å². The molecule has 0 saturated heterocycles. The summed E-state index contributed by atoms with van der Waals surface area (Å²) in [6.07, 6.45) is 0. The lowest BCUT2D eigenvalue weighted by atomic mass is 9.85. The molecular formula is C53H53F2N3. The van der Waals surface area contributed by atoms with Crippen LogP contribution in [0.5, 0.6) is 0 Å². The Hall–Kier alpha value is -5.73. The molecule has 0 aliphatic heterocycles. The van der Waals surface area contributed by atoms with Crippen molar-refractivity contribution in [1.29, 1.82) is 5.26 Å². The minimum Gasteiger partial charge on any atom is -0.308 e. The number of benzene rings is 6. The highest BCUT2D eigenvalue weighted by molar-refractivity contribution is 6.12. The normalized spacial score (nSPS) is 13.0. The van der Waals surface area contributed by atoms with Crippen LogP contribution in [0.1, 0.15) is 111 Å². The second-order valence-corrected chi connectivity index (χ2v) is 20.3. The van der Waals surface area contributed by atoms with Gasteiger partial charge >= 0.3 is 0 Å².